The molecule has 0 spiro atoms. The topological polar surface area (TPSA) is 49.6 Å². The van der Waals surface area contributed by atoms with Crippen LogP contribution >= 0.6 is 0 Å². The number of hydrogen-bond donors (Lipinski definition) is 1. The molecule has 23 heavy (non-hydrogen) atoms. The van der Waals surface area contributed by atoms with Crippen molar-refractivity contribution in [2.45, 2.75) is 40.0 Å². The number of rotatable bonds is 9. The Bertz CT molecular complexity index is 631. The molecule has 0 saturated carbocycles. The average molecular weight is 316 g/mol. The maximum Gasteiger partial charge on any atom is 0.220 e. The number of nitrogens with zero attached hydrogens (tertiary/aromatic N) is 3. The largest absolute Gasteiger partial charge is 0.356 e. The van der Waals surface area contributed by atoms with Crippen LogP contribution in [0.3, 0.4) is 0 Å². The molecule has 2 rings (SSSR count). The van der Waals surface area contributed by atoms with Gasteiger partial charge in [0, 0.05) is 24.9 Å². The molecule has 0 aromatic carbocycles. The van der Waals surface area contributed by atoms with Gasteiger partial charge in [0.05, 0.1) is 5.69 Å². The Morgan fingerprint density at radius 2 is 2.09 bits per heavy atom. The number of hydrogen-bond acceptors (Lipinski definition) is 3. The van der Waals surface area contributed by atoms with Crippen molar-refractivity contribution in [3.63, 3.8) is 0 Å². The predicted octanol–water partition coefficient (Wildman–Crippen LogP) is 2.42. The first-order valence-corrected chi connectivity index (χ1v) is 8.57. The van der Waals surface area contributed by atoms with Crippen molar-refractivity contribution in [3.05, 3.63) is 35.8 Å². The molecule has 5 nitrogen and oxygen atoms in total. The lowest BCUT2D eigenvalue weighted by Crippen LogP contribution is -2.30. The van der Waals surface area contributed by atoms with Gasteiger partial charge >= 0.3 is 0 Å². The Kier molecular flexibility index (Phi) is 6.59. The molecular weight excluding hydrogens is 288 g/mol. The van der Waals surface area contributed by atoms with Crippen LogP contribution in [0.1, 0.15) is 38.1 Å². The van der Waals surface area contributed by atoms with E-state index >= 15 is 0 Å². The second-order valence-electron chi connectivity index (χ2n) is 5.80. The summed E-state index contributed by atoms with van der Waals surface area (Å²) >= 11 is 0. The van der Waals surface area contributed by atoms with Crippen LogP contribution in [0.4, 0.5) is 0 Å². The summed E-state index contributed by atoms with van der Waals surface area (Å²) in [5.74, 6) is 0.120. The Labute approximate surface area is 138 Å². The third-order valence-electron chi connectivity index (χ3n) is 4.29. The van der Waals surface area contributed by atoms with Gasteiger partial charge in [-0.3, -0.25) is 4.79 Å². The van der Waals surface area contributed by atoms with E-state index in [1.165, 1.54) is 0 Å². The number of carbonyl (C=O) groups is 1. The summed E-state index contributed by atoms with van der Waals surface area (Å²) in [7, 11) is 0. The van der Waals surface area contributed by atoms with Gasteiger partial charge in [-0.05, 0) is 51.5 Å². The third kappa shape index (κ3) is 4.79. The Balaban J connectivity index is 1.77. The van der Waals surface area contributed by atoms with Crippen LogP contribution in [-0.2, 0) is 11.2 Å². The molecule has 2 heterocycles. The van der Waals surface area contributed by atoms with Crippen molar-refractivity contribution >= 4 is 11.6 Å². The molecule has 0 aliphatic rings. The maximum absolute atomic E-state index is 12.0. The van der Waals surface area contributed by atoms with Crippen LogP contribution in [-0.4, -0.2) is 46.4 Å². The molecule has 1 N–H and O–H groups in total. The zero-order valence-electron chi connectivity index (χ0n) is 14.5. The smallest absolute Gasteiger partial charge is 0.220 e. The molecule has 0 unspecified atom stereocenters. The molecule has 1 amide bonds. The second kappa shape index (κ2) is 8.67. The minimum absolute atomic E-state index is 0.120. The molecule has 2 aromatic rings. The lowest BCUT2D eigenvalue weighted by Gasteiger charge is -2.17. The number of fused-ring (bicyclic) bond motifs is 1. The van der Waals surface area contributed by atoms with Crippen LogP contribution in [0.25, 0.3) is 5.65 Å². The molecule has 5 heteroatoms. The zero-order chi connectivity index (χ0) is 16.7. The van der Waals surface area contributed by atoms with Gasteiger partial charge in [-0.25, -0.2) is 4.98 Å². The highest BCUT2D eigenvalue weighted by molar-refractivity contribution is 5.76. The van der Waals surface area contributed by atoms with Crippen molar-refractivity contribution < 1.29 is 4.79 Å². The number of nitrogens with one attached hydrogen (secondary N) is 1. The predicted molar refractivity (Wildman–Crippen MR) is 93.7 cm³/mol. The number of carbonyl (C=O) groups excluding carboxylic acids is 1. The third-order valence-corrected chi connectivity index (χ3v) is 4.29. The monoisotopic (exact) mass is 316 g/mol. The van der Waals surface area contributed by atoms with Gasteiger partial charge in [0.25, 0.3) is 0 Å². The summed E-state index contributed by atoms with van der Waals surface area (Å²) in [5, 5.41) is 3.02. The lowest BCUT2D eigenvalue weighted by atomic mass is 10.2. The van der Waals surface area contributed by atoms with Crippen LogP contribution in [0.2, 0.25) is 0 Å². The van der Waals surface area contributed by atoms with Gasteiger partial charge in [-0.2, -0.15) is 0 Å². The minimum Gasteiger partial charge on any atom is -0.356 e. The quantitative estimate of drug-likeness (QED) is 0.723. The molecule has 0 bridgehead atoms. The maximum atomic E-state index is 12.0. The first-order valence-electron chi connectivity index (χ1n) is 8.57. The van der Waals surface area contributed by atoms with Crippen LogP contribution in [0.5, 0.6) is 0 Å². The normalized spacial score (nSPS) is 11.3. The van der Waals surface area contributed by atoms with E-state index in [2.05, 4.69) is 33.4 Å². The van der Waals surface area contributed by atoms with Gasteiger partial charge in [-0.1, -0.05) is 19.9 Å². The summed E-state index contributed by atoms with van der Waals surface area (Å²) in [4.78, 5) is 18.9. The van der Waals surface area contributed by atoms with Crippen molar-refractivity contribution in [2.75, 3.05) is 26.2 Å². The van der Waals surface area contributed by atoms with Gasteiger partial charge in [-0.15, -0.1) is 0 Å². The number of imidazole rings is 1. The summed E-state index contributed by atoms with van der Waals surface area (Å²) in [6.45, 7) is 10.3. The van der Waals surface area contributed by atoms with Crippen LogP contribution < -0.4 is 5.32 Å². The Hall–Kier alpha value is -1.88. The minimum atomic E-state index is 0.120. The fourth-order valence-electron chi connectivity index (χ4n) is 2.86. The van der Waals surface area contributed by atoms with Crippen LogP contribution in [0.15, 0.2) is 24.4 Å². The molecule has 0 saturated heterocycles. The van der Waals surface area contributed by atoms with E-state index in [-0.39, 0.29) is 5.91 Å². The van der Waals surface area contributed by atoms with Gasteiger partial charge in [0.15, 0.2) is 0 Å². The summed E-state index contributed by atoms with van der Waals surface area (Å²) in [6, 6.07) is 5.96. The molecule has 0 fully saturated rings. The van der Waals surface area contributed by atoms with Crippen molar-refractivity contribution in [1.29, 1.82) is 0 Å². The molecule has 0 radical (unpaired) electrons. The average Bonchev–Trinajstić information content (AvgIpc) is 2.88. The van der Waals surface area contributed by atoms with E-state index in [0.29, 0.717) is 6.42 Å². The fraction of sp³-hybridized carbons (Fsp3) is 0.556. The number of amides is 1. The van der Waals surface area contributed by atoms with E-state index in [9.17, 15) is 4.79 Å². The zero-order valence-corrected chi connectivity index (χ0v) is 14.5. The number of aryl methyl sites for hydroxylation is 2. The first kappa shape index (κ1) is 17.5. The number of pyridine rings is 1. The van der Waals surface area contributed by atoms with Crippen LogP contribution in [0, 0.1) is 6.92 Å². The van der Waals surface area contributed by atoms with Gasteiger partial charge in [0.1, 0.15) is 5.65 Å². The number of aromatic nitrogens is 2. The Morgan fingerprint density at radius 3 is 2.83 bits per heavy atom. The first-order chi connectivity index (χ1) is 11.2. The SMILES string of the molecule is CCN(CC)CCCNC(=O)CCc1c(C)nc2ccccn12. The van der Waals surface area contributed by atoms with Crippen molar-refractivity contribution in [3.8, 4) is 0 Å². The van der Waals surface area contributed by atoms with Gasteiger partial charge in [0.2, 0.25) is 5.91 Å². The fourth-order valence-corrected chi connectivity index (χ4v) is 2.86. The molecule has 0 atom stereocenters. The van der Waals surface area contributed by atoms with Crippen molar-refractivity contribution in [2.24, 2.45) is 0 Å². The molecule has 126 valence electrons. The second-order valence-corrected chi connectivity index (χ2v) is 5.80. The summed E-state index contributed by atoms with van der Waals surface area (Å²) < 4.78 is 2.07. The highest BCUT2D eigenvalue weighted by Crippen LogP contribution is 2.13. The van der Waals surface area contributed by atoms with E-state index in [0.717, 1.165) is 56.1 Å². The standard InChI is InChI=1S/C18H28N4O/c1-4-21(5-2)13-8-12-19-18(23)11-10-16-15(3)20-17-9-6-7-14-22(16)17/h6-7,9,14H,4-5,8,10-13H2,1-3H3,(H,19,23). The summed E-state index contributed by atoms with van der Waals surface area (Å²) in [5.41, 5.74) is 3.07. The van der Waals surface area contributed by atoms with E-state index in [4.69, 9.17) is 0 Å². The molecule has 0 aliphatic carbocycles. The lowest BCUT2D eigenvalue weighted by molar-refractivity contribution is -0.121. The van der Waals surface area contributed by atoms with E-state index in [1.54, 1.807) is 0 Å². The van der Waals surface area contributed by atoms with Gasteiger partial charge < -0.3 is 14.6 Å². The highest BCUT2D eigenvalue weighted by atomic mass is 16.1. The molecular formula is C18H28N4O. The summed E-state index contributed by atoms with van der Waals surface area (Å²) in [6.07, 6.45) is 4.24. The highest BCUT2D eigenvalue weighted by Gasteiger charge is 2.10. The van der Waals surface area contributed by atoms with Crippen molar-refractivity contribution in [1.82, 2.24) is 19.6 Å². The Morgan fingerprint density at radius 1 is 1.30 bits per heavy atom. The molecule has 0 aliphatic heterocycles. The van der Waals surface area contributed by atoms with E-state index < -0.39 is 0 Å². The molecule has 2 aromatic heterocycles. The van der Waals surface area contributed by atoms with E-state index in [1.807, 2.05) is 31.3 Å².